The number of carboxylic acid groups (broad SMARTS) is 1. The van der Waals surface area contributed by atoms with Gasteiger partial charge in [-0.05, 0) is 30.5 Å². The molecule has 24 heavy (non-hydrogen) atoms. The van der Waals surface area contributed by atoms with Gasteiger partial charge in [-0.2, -0.15) is 0 Å². The summed E-state index contributed by atoms with van der Waals surface area (Å²) < 4.78 is 0. The van der Waals surface area contributed by atoms with Gasteiger partial charge in [-0.15, -0.1) is 0 Å². The molecule has 0 fully saturated rings. The lowest BCUT2D eigenvalue weighted by atomic mass is 9.99. The molecule has 2 aromatic rings. The van der Waals surface area contributed by atoms with Crippen molar-refractivity contribution in [3.05, 3.63) is 71.3 Å². The van der Waals surface area contributed by atoms with Crippen LogP contribution in [0.15, 0.2) is 54.6 Å². The van der Waals surface area contributed by atoms with Crippen LogP contribution >= 0.6 is 0 Å². The Morgan fingerprint density at radius 2 is 1.67 bits per heavy atom. The van der Waals surface area contributed by atoms with E-state index < -0.39 is 12.1 Å². The first-order valence-electron chi connectivity index (χ1n) is 8.28. The Morgan fingerprint density at radius 1 is 1.08 bits per heavy atom. The average molecular weight is 329 g/mol. The van der Waals surface area contributed by atoms with Crippen LogP contribution < -0.4 is 5.73 Å². The van der Waals surface area contributed by atoms with Crippen molar-refractivity contribution in [2.24, 2.45) is 5.73 Å². The summed E-state index contributed by atoms with van der Waals surface area (Å²) in [5.41, 5.74) is 7.51. The zero-order chi connectivity index (χ0) is 17.9. The van der Waals surface area contributed by atoms with Gasteiger partial charge in [0, 0.05) is 6.04 Å². The van der Waals surface area contributed by atoms with Crippen LogP contribution in [0.4, 0.5) is 0 Å². The number of aliphatic hydroxyl groups excluding tert-OH is 1. The van der Waals surface area contributed by atoms with Crippen molar-refractivity contribution in [2.75, 3.05) is 0 Å². The maximum atomic E-state index is 10.9. The minimum Gasteiger partial charge on any atom is -0.478 e. The van der Waals surface area contributed by atoms with Crippen molar-refractivity contribution in [1.82, 2.24) is 0 Å². The number of hydrogen-bond acceptors (Lipinski definition) is 3. The van der Waals surface area contributed by atoms with Crippen molar-refractivity contribution in [1.29, 1.82) is 0 Å². The quantitative estimate of drug-likeness (QED) is 0.737. The van der Waals surface area contributed by atoms with Gasteiger partial charge in [0.1, 0.15) is 0 Å². The third-order valence-electron chi connectivity index (χ3n) is 3.71. The van der Waals surface area contributed by atoms with Gasteiger partial charge in [0.2, 0.25) is 0 Å². The molecule has 0 saturated carbocycles. The van der Waals surface area contributed by atoms with Crippen LogP contribution in [0.3, 0.4) is 0 Å². The fourth-order valence-electron chi connectivity index (χ4n) is 2.29. The molecule has 2 rings (SSSR count). The van der Waals surface area contributed by atoms with Crippen molar-refractivity contribution in [3.8, 4) is 0 Å². The van der Waals surface area contributed by atoms with E-state index in [2.05, 4.69) is 0 Å². The van der Waals surface area contributed by atoms with Gasteiger partial charge in [-0.25, -0.2) is 4.79 Å². The van der Waals surface area contributed by atoms with E-state index in [-0.39, 0.29) is 11.6 Å². The third-order valence-corrected chi connectivity index (χ3v) is 3.71. The lowest BCUT2D eigenvalue weighted by Crippen LogP contribution is -2.06. The standard InChI is InChI=1S/C12H16O3.C8H11N/c1-2-3-8-11(13)9-6-4-5-7-10(9)12(14)15;1-7(9)8-5-3-2-4-6-8/h4-7,11,13H,2-3,8H2,1H3,(H,14,15);2-7H,9H2,1H3/t11-;7-/m00/s1. The monoisotopic (exact) mass is 329 g/mol. The molecule has 4 heteroatoms. The maximum Gasteiger partial charge on any atom is 0.336 e. The molecule has 0 aliphatic carbocycles. The number of rotatable bonds is 6. The van der Waals surface area contributed by atoms with Crippen molar-refractivity contribution in [3.63, 3.8) is 0 Å². The van der Waals surface area contributed by atoms with E-state index in [1.807, 2.05) is 44.2 Å². The largest absolute Gasteiger partial charge is 0.478 e. The van der Waals surface area contributed by atoms with Crippen LogP contribution in [0.5, 0.6) is 0 Å². The van der Waals surface area contributed by atoms with Gasteiger partial charge in [-0.3, -0.25) is 0 Å². The number of benzene rings is 2. The maximum absolute atomic E-state index is 10.9. The zero-order valence-electron chi connectivity index (χ0n) is 14.4. The molecule has 4 nitrogen and oxygen atoms in total. The molecule has 0 spiro atoms. The highest BCUT2D eigenvalue weighted by Crippen LogP contribution is 2.22. The molecule has 0 aliphatic rings. The Morgan fingerprint density at radius 3 is 2.17 bits per heavy atom. The van der Waals surface area contributed by atoms with Crippen LogP contribution in [0.1, 0.15) is 66.7 Å². The first kappa shape index (κ1) is 19.9. The van der Waals surface area contributed by atoms with Crippen LogP contribution in [0, 0.1) is 0 Å². The molecule has 0 saturated heterocycles. The number of hydrogen-bond donors (Lipinski definition) is 3. The number of unbranched alkanes of at least 4 members (excludes halogenated alkanes) is 1. The highest BCUT2D eigenvalue weighted by Gasteiger charge is 2.15. The summed E-state index contributed by atoms with van der Waals surface area (Å²) in [6.45, 7) is 4.02. The fourth-order valence-corrected chi connectivity index (χ4v) is 2.29. The molecule has 2 aromatic carbocycles. The molecular weight excluding hydrogens is 302 g/mol. The highest BCUT2D eigenvalue weighted by molar-refractivity contribution is 5.89. The summed E-state index contributed by atoms with van der Waals surface area (Å²) in [5, 5.41) is 18.7. The molecule has 0 unspecified atom stereocenters. The minimum absolute atomic E-state index is 0.159. The summed E-state index contributed by atoms with van der Waals surface area (Å²) >= 11 is 0. The molecule has 0 aromatic heterocycles. The van der Waals surface area contributed by atoms with Crippen LogP contribution in [0.2, 0.25) is 0 Å². The first-order chi connectivity index (χ1) is 11.5. The predicted molar refractivity (Wildman–Crippen MR) is 96.9 cm³/mol. The van der Waals surface area contributed by atoms with Crippen LogP contribution in [0.25, 0.3) is 0 Å². The summed E-state index contributed by atoms with van der Waals surface area (Å²) in [7, 11) is 0. The fraction of sp³-hybridized carbons (Fsp3) is 0.350. The molecule has 130 valence electrons. The lowest BCUT2D eigenvalue weighted by molar-refractivity contribution is 0.0688. The Hall–Kier alpha value is -2.17. The molecule has 2 atom stereocenters. The smallest absolute Gasteiger partial charge is 0.336 e. The van der Waals surface area contributed by atoms with Gasteiger partial charge in [0.25, 0.3) is 0 Å². The van der Waals surface area contributed by atoms with E-state index in [0.29, 0.717) is 12.0 Å². The number of nitrogens with two attached hydrogens (primary N) is 1. The molecule has 0 heterocycles. The SMILES string of the molecule is CCCC[C@H](O)c1ccccc1C(=O)O.C[C@H](N)c1ccccc1. The number of aromatic carboxylic acids is 1. The lowest BCUT2D eigenvalue weighted by Gasteiger charge is -2.12. The summed E-state index contributed by atoms with van der Waals surface area (Å²) in [6.07, 6.45) is 1.83. The Labute approximate surface area is 144 Å². The van der Waals surface area contributed by atoms with Gasteiger partial charge in [0.05, 0.1) is 11.7 Å². The predicted octanol–water partition coefficient (Wildman–Crippen LogP) is 4.31. The topological polar surface area (TPSA) is 83.5 Å². The summed E-state index contributed by atoms with van der Waals surface area (Å²) in [4.78, 5) is 10.9. The molecule has 0 amide bonds. The van der Waals surface area contributed by atoms with E-state index in [4.69, 9.17) is 10.8 Å². The van der Waals surface area contributed by atoms with Crippen LogP contribution in [-0.4, -0.2) is 16.2 Å². The summed E-state index contributed by atoms with van der Waals surface area (Å²) in [6, 6.07) is 16.8. The second-order valence-electron chi connectivity index (χ2n) is 5.75. The van der Waals surface area contributed by atoms with E-state index in [0.717, 1.165) is 12.8 Å². The van der Waals surface area contributed by atoms with E-state index in [1.54, 1.807) is 18.2 Å². The van der Waals surface area contributed by atoms with Crippen LogP contribution in [-0.2, 0) is 0 Å². The Balaban J connectivity index is 0.000000272. The number of carboxylic acids is 1. The van der Waals surface area contributed by atoms with E-state index in [1.165, 1.54) is 11.6 Å². The normalized spacial score (nSPS) is 12.7. The third kappa shape index (κ3) is 6.52. The second-order valence-corrected chi connectivity index (χ2v) is 5.75. The van der Waals surface area contributed by atoms with Gasteiger partial charge >= 0.3 is 5.97 Å². The van der Waals surface area contributed by atoms with Crippen molar-refractivity contribution >= 4 is 5.97 Å². The van der Waals surface area contributed by atoms with Gasteiger partial charge < -0.3 is 15.9 Å². The highest BCUT2D eigenvalue weighted by atomic mass is 16.4. The average Bonchev–Trinajstić information content (AvgIpc) is 2.61. The molecule has 0 aliphatic heterocycles. The van der Waals surface area contributed by atoms with Crippen molar-refractivity contribution < 1.29 is 15.0 Å². The van der Waals surface area contributed by atoms with Gasteiger partial charge in [-0.1, -0.05) is 68.3 Å². The Bertz CT molecular complexity index is 611. The molecular formula is C20H27NO3. The second kappa shape index (κ2) is 10.6. The molecule has 4 N–H and O–H groups in total. The number of aliphatic hydroxyl groups is 1. The minimum atomic E-state index is -0.985. The zero-order valence-corrected chi connectivity index (χ0v) is 14.4. The number of carbonyl (C=O) groups is 1. The van der Waals surface area contributed by atoms with Crippen molar-refractivity contribution in [2.45, 2.75) is 45.3 Å². The summed E-state index contributed by atoms with van der Waals surface area (Å²) in [5.74, 6) is -0.985. The Kier molecular flexibility index (Phi) is 8.76. The molecule has 0 radical (unpaired) electrons. The van der Waals surface area contributed by atoms with E-state index in [9.17, 15) is 9.90 Å². The first-order valence-corrected chi connectivity index (χ1v) is 8.28. The van der Waals surface area contributed by atoms with E-state index >= 15 is 0 Å². The molecule has 0 bridgehead atoms. The van der Waals surface area contributed by atoms with Gasteiger partial charge in [0.15, 0.2) is 0 Å².